The molecular weight excluding hydrogens is 254 g/mol. The van der Waals surface area contributed by atoms with Crippen LogP contribution in [-0.2, 0) is 6.54 Å². The van der Waals surface area contributed by atoms with Gasteiger partial charge in [0, 0.05) is 18.7 Å². The molecule has 0 N–H and O–H groups in total. The topological polar surface area (TPSA) is 37.8 Å². The van der Waals surface area contributed by atoms with Crippen LogP contribution in [0.2, 0.25) is 0 Å². The molecule has 110 valence electrons. The number of fused-ring (bicyclic) bond motifs is 1. The van der Waals surface area contributed by atoms with Gasteiger partial charge in [-0.15, -0.1) is 0 Å². The van der Waals surface area contributed by atoms with Crippen molar-refractivity contribution < 1.29 is 9.47 Å². The van der Waals surface area contributed by atoms with Gasteiger partial charge < -0.3 is 14.4 Å². The molecule has 5 heteroatoms. The van der Waals surface area contributed by atoms with Gasteiger partial charge in [-0.05, 0) is 40.0 Å². The molecule has 0 amide bonds. The number of piperidine rings is 1. The molecule has 0 bridgehead atoms. The number of hydrogen-bond acceptors (Lipinski definition) is 5. The first-order valence-corrected chi connectivity index (χ1v) is 7.35. The quantitative estimate of drug-likeness (QED) is 0.834. The van der Waals surface area contributed by atoms with Crippen LogP contribution in [0.5, 0.6) is 11.5 Å². The molecule has 0 atom stereocenters. The zero-order valence-electron chi connectivity index (χ0n) is 12.3. The van der Waals surface area contributed by atoms with Crippen molar-refractivity contribution in [3.05, 3.63) is 18.0 Å². The summed E-state index contributed by atoms with van der Waals surface area (Å²) in [5, 5.41) is 0. The normalized spacial score (nSPS) is 20.4. The lowest BCUT2D eigenvalue weighted by atomic mass is 10.0. The minimum absolute atomic E-state index is 0.615. The summed E-state index contributed by atoms with van der Waals surface area (Å²) in [7, 11) is 4.38. The van der Waals surface area contributed by atoms with E-state index in [0.29, 0.717) is 19.3 Å². The van der Waals surface area contributed by atoms with E-state index < -0.39 is 0 Å². The van der Waals surface area contributed by atoms with Gasteiger partial charge in [-0.25, -0.2) is 0 Å². The molecular formula is C15H23N3O2. The lowest BCUT2D eigenvalue weighted by molar-refractivity contribution is 0.137. The minimum atomic E-state index is 0.615. The molecule has 0 aromatic carbocycles. The monoisotopic (exact) mass is 277 g/mol. The summed E-state index contributed by atoms with van der Waals surface area (Å²) in [6, 6.07) is 2.67. The Labute approximate surface area is 120 Å². The Balaban J connectivity index is 1.62. The molecule has 1 saturated heterocycles. The third-order valence-electron chi connectivity index (χ3n) is 4.21. The van der Waals surface area contributed by atoms with Gasteiger partial charge in [0.15, 0.2) is 11.5 Å². The van der Waals surface area contributed by atoms with Crippen molar-refractivity contribution in [2.24, 2.45) is 0 Å². The van der Waals surface area contributed by atoms with E-state index in [1.807, 2.05) is 6.07 Å². The van der Waals surface area contributed by atoms with E-state index >= 15 is 0 Å². The number of likely N-dealkylation sites (tertiary alicyclic amines) is 1. The van der Waals surface area contributed by atoms with Crippen molar-refractivity contribution in [1.82, 2.24) is 14.8 Å². The highest BCUT2D eigenvalue weighted by Gasteiger charge is 2.21. The maximum Gasteiger partial charge on any atom is 0.179 e. The van der Waals surface area contributed by atoms with Crippen LogP contribution in [0.4, 0.5) is 0 Å². The number of nitrogens with zero attached hydrogens (tertiary/aromatic N) is 3. The fourth-order valence-electron chi connectivity index (χ4n) is 2.90. The van der Waals surface area contributed by atoms with E-state index in [0.717, 1.165) is 23.7 Å². The highest BCUT2D eigenvalue weighted by atomic mass is 16.6. The van der Waals surface area contributed by atoms with Crippen molar-refractivity contribution in [3.63, 3.8) is 0 Å². The van der Waals surface area contributed by atoms with Gasteiger partial charge in [0.2, 0.25) is 0 Å². The smallest absolute Gasteiger partial charge is 0.179 e. The zero-order valence-corrected chi connectivity index (χ0v) is 12.3. The maximum atomic E-state index is 5.62. The van der Waals surface area contributed by atoms with Crippen molar-refractivity contribution in [2.45, 2.75) is 25.4 Å². The second kappa shape index (κ2) is 5.97. The SMILES string of the molecule is CN1CCC(N(C)Cc2cc3c(cn2)OCCO3)CC1. The van der Waals surface area contributed by atoms with Crippen LogP contribution in [0, 0.1) is 0 Å². The Hall–Kier alpha value is -1.33. The predicted octanol–water partition coefficient (Wildman–Crippen LogP) is 1.38. The molecule has 1 aromatic heterocycles. The molecule has 0 spiro atoms. The Morgan fingerprint density at radius 3 is 2.70 bits per heavy atom. The molecule has 0 saturated carbocycles. The van der Waals surface area contributed by atoms with Crippen molar-refractivity contribution >= 4 is 0 Å². The van der Waals surface area contributed by atoms with Crippen molar-refractivity contribution in [2.75, 3.05) is 40.4 Å². The molecule has 0 aliphatic carbocycles. The summed E-state index contributed by atoms with van der Waals surface area (Å²) >= 11 is 0. The number of pyridine rings is 1. The van der Waals surface area contributed by atoms with Crippen LogP contribution < -0.4 is 9.47 Å². The van der Waals surface area contributed by atoms with Crippen LogP contribution in [-0.4, -0.2) is 61.2 Å². The molecule has 3 rings (SSSR count). The Morgan fingerprint density at radius 1 is 1.25 bits per heavy atom. The molecule has 0 unspecified atom stereocenters. The van der Waals surface area contributed by atoms with Gasteiger partial charge in [0.05, 0.1) is 11.9 Å². The first kappa shape index (κ1) is 13.6. The first-order chi connectivity index (χ1) is 9.72. The second-order valence-corrected chi connectivity index (χ2v) is 5.77. The number of aromatic nitrogens is 1. The molecule has 1 aromatic rings. The Kier molecular flexibility index (Phi) is 4.08. The summed E-state index contributed by atoms with van der Waals surface area (Å²) in [5.74, 6) is 1.60. The Morgan fingerprint density at radius 2 is 1.95 bits per heavy atom. The van der Waals surface area contributed by atoms with Crippen molar-refractivity contribution in [1.29, 1.82) is 0 Å². The zero-order chi connectivity index (χ0) is 13.9. The van der Waals surface area contributed by atoms with Crippen LogP contribution in [0.15, 0.2) is 12.3 Å². The summed E-state index contributed by atoms with van der Waals surface area (Å²) < 4.78 is 11.1. The standard InChI is InChI=1S/C15H23N3O2/c1-17-5-3-13(4-6-17)18(2)11-12-9-14-15(10-16-12)20-8-7-19-14/h9-10,13H,3-8,11H2,1-2H3. The summed E-state index contributed by atoms with van der Waals surface area (Å²) in [5.41, 5.74) is 1.05. The highest BCUT2D eigenvalue weighted by Crippen LogP contribution is 2.29. The second-order valence-electron chi connectivity index (χ2n) is 5.77. The maximum absolute atomic E-state index is 5.62. The molecule has 2 aliphatic heterocycles. The van der Waals surface area contributed by atoms with E-state index in [2.05, 4.69) is 28.9 Å². The summed E-state index contributed by atoms with van der Waals surface area (Å²) in [4.78, 5) is 9.29. The third kappa shape index (κ3) is 3.04. The molecule has 20 heavy (non-hydrogen) atoms. The molecule has 5 nitrogen and oxygen atoms in total. The van der Waals surface area contributed by atoms with Crippen LogP contribution in [0.3, 0.4) is 0 Å². The van der Waals surface area contributed by atoms with E-state index in [4.69, 9.17) is 9.47 Å². The minimum Gasteiger partial charge on any atom is -0.486 e. The fraction of sp³-hybridized carbons (Fsp3) is 0.667. The summed E-state index contributed by atoms with van der Waals surface area (Å²) in [6.45, 7) is 4.48. The molecule has 2 aliphatic rings. The lowest BCUT2D eigenvalue weighted by Crippen LogP contribution is -2.41. The van der Waals surface area contributed by atoms with Gasteiger partial charge in [-0.2, -0.15) is 0 Å². The number of hydrogen-bond donors (Lipinski definition) is 0. The van der Waals surface area contributed by atoms with Crippen LogP contribution in [0.25, 0.3) is 0 Å². The fourth-order valence-corrected chi connectivity index (χ4v) is 2.90. The van der Waals surface area contributed by atoms with Gasteiger partial charge in [0.25, 0.3) is 0 Å². The van der Waals surface area contributed by atoms with Crippen molar-refractivity contribution in [3.8, 4) is 11.5 Å². The van der Waals surface area contributed by atoms with Gasteiger partial charge >= 0.3 is 0 Å². The number of ether oxygens (including phenoxy) is 2. The molecule has 1 fully saturated rings. The third-order valence-corrected chi connectivity index (χ3v) is 4.21. The average molecular weight is 277 g/mol. The highest BCUT2D eigenvalue weighted by molar-refractivity contribution is 5.39. The van der Waals surface area contributed by atoms with E-state index in [1.165, 1.54) is 25.9 Å². The van der Waals surface area contributed by atoms with Gasteiger partial charge in [-0.1, -0.05) is 0 Å². The van der Waals surface area contributed by atoms with Crippen LogP contribution >= 0.6 is 0 Å². The lowest BCUT2D eigenvalue weighted by Gasteiger charge is -2.35. The Bertz CT molecular complexity index is 458. The van der Waals surface area contributed by atoms with Gasteiger partial charge in [-0.3, -0.25) is 9.88 Å². The molecule has 0 radical (unpaired) electrons. The largest absolute Gasteiger partial charge is 0.486 e. The average Bonchev–Trinajstić information content (AvgIpc) is 2.48. The predicted molar refractivity (Wildman–Crippen MR) is 77.2 cm³/mol. The number of rotatable bonds is 3. The van der Waals surface area contributed by atoms with Gasteiger partial charge in [0.1, 0.15) is 13.2 Å². The van der Waals surface area contributed by atoms with Crippen LogP contribution in [0.1, 0.15) is 18.5 Å². The van der Waals surface area contributed by atoms with E-state index in [1.54, 1.807) is 6.20 Å². The van der Waals surface area contributed by atoms with E-state index in [9.17, 15) is 0 Å². The summed E-state index contributed by atoms with van der Waals surface area (Å²) in [6.07, 6.45) is 4.25. The first-order valence-electron chi connectivity index (χ1n) is 7.35. The molecule has 3 heterocycles. The van der Waals surface area contributed by atoms with E-state index in [-0.39, 0.29) is 0 Å².